The van der Waals surface area contributed by atoms with Crippen molar-refractivity contribution in [3.05, 3.63) is 36.2 Å². The number of rotatable bonds is 3. The Kier molecular flexibility index (Phi) is 3.43. The molecular formula is C13H13N5. The molecule has 0 amide bonds. The van der Waals surface area contributed by atoms with Crippen molar-refractivity contribution < 1.29 is 0 Å². The highest BCUT2D eigenvalue weighted by Crippen LogP contribution is 2.19. The SMILES string of the molecule is C=Nc1ccc2ncc(C(C=NC)=CN)cc2n1. The second-order valence-corrected chi connectivity index (χ2v) is 3.60. The predicted molar refractivity (Wildman–Crippen MR) is 75.3 cm³/mol. The molecule has 0 atom stereocenters. The average Bonchev–Trinajstić information content (AvgIpc) is 2.43. The summed E-state index contributed by atoms with van der Waals surface area (Å²) in [5, 5.41) is 0. The van der Waals surface area contributed by atoms with Crippen LogP contribution in [0.15, 0.2) is 40.6 Å². The Morgan fingerprint density at radius 2 is 2.22 bits per heavy atom. The molecule has 0 aromatic carbocycles. The van der Waals surface area contributed by atoms with Gasteiger partial charge in [-0.05, 0) is 24.9 Å². The zero-order valence-corrected chi connectivity index (χ0v) is 10.0. The lowest BCUT2D eigenvalue weighted by molar-refractivity contribution is 1.30. The summed E-state index contributed by atoms with van der Waals surface area (Å²) in [6.45, 7) is 3.46. The highest BCUT2D eigenvalue weighted by atomic mass is 14.9. The van der Waals surface area contributed by atoms with Crippen LogP contribution in [0.5, 0.6) is 0 Å². The van der Waals surface area contributed by atoms with E-state index in [0.29, 0.717) is 5.82 Å². The van der Waals surface area contributed by atoms with Crippen LogP contribution in [0.3, 0.4) is 0 Å². The molecule has 0 saturated heterocycles. The van der Waals surface area contributed by atoms with Crippen molar-refractivity contribution >= 4 is 35.4 Å². The van der Waals surface area contributed by atoms with Gasteiger partial charge in [0.15, 0.2) is 5.82 Å². The predicted octanol–water partition coefficient (Wildman–Crippen LogP) is 1.96. The Balaban J connectivity index is 2.58. The van der Waals surface area contributed by atoms with E-state index in [4.69, 9.17) is 5.73 Å². The van der Waals surface area contributed by atoms with Gasteiger partial charge in [0.05, 0.1) is 11.0 Å². The van der Waals surface area contributed by atoms with Crippen molar-refractivity contribution in [2.24, 2.45) is 15.7 Å². The molecule has 0 radical (unpaired) electrons. The lowest BCUT2D eigenvalue weighted by atomic mass is 10.1. The molecule has 0 unspecified atom stereocenters. The number of hydrogen-bond donors (Lipinski definition) is 1. The number of pyridine rings is 2. The number of aromatic nitrogens is 2. The minimum absolute atomic E-state index is 0.573. The van der Waals surface area contributed by atoms with Crippen LogP contribution in [0.25, 0.3) is 16.6 Å². The van der Waals surface area contributed by atoms with Gasteiger partial charge in [0, 0.05) is 36.8 Å². The molecule has 5 heteroatoms. The number of nitrogens with two attached hydrogens (primary N) is 1. The molecule has 2 N–H and O–H groups in total. The molecule has 0 spiro atoms. The Hall–Kier alpha value is -2.56. The van der Waals surface area contributed by atoms with E-state index in [1.54, 1.807) is 25.5 Å². The van der Waals surface area contributed by atoms with E-state index in [1.165, 1.54) is 6.20 Å². The monoisotopic (exact) mass is 239 g/mol. The molecule has 0 aliphatic heterocycles. The van der Waals surface area contributed by atoms with Crippen LogP contribution in [-0.4, -0.2) is 29.9 Å². The van der Waals surface area contributed by atoms with Gasteiger partial charge in [-0.25, -0.2) is 9.98 Å². The fourth-order valence-corrected chi connectivity index (χ4v) is 1.59. The lowest BCUT2D eigenvalue weighted by Crippen LogP contribution is -1.93. The Morgan fingerprint density at radius 3 is 2.89 bits per heavy atom. The molecular weight excluding hydrogens is 226 g/mol. The Bertz CT molecular complexity index is 643. The van der Waals surface area contributed by atoms with Gasteiger partial charge < -0.3 is 5.73 Å². The summed E-state index contributed by atoms with van der Waals surface area (Å²) in [5.41, 5.74) is 8.78. The number of hydrogen-bond acceptors (Lipinski definition) is 5. The maximum Gasteiger partial charge on any atom is 0.151 e. The smallest absolute Gasteiger partial charge is 0.151 e. The molecule has 5 nitrogen and oxygen atoms in total. The number of nitrogens with zero attached hydrogens (tertiary/aromatic N) is 4. The van der Waals surface area contributed by atoms with E-state index in [9.17, 15) is 0 Å². The maximum atomic E-state index is 5.56. The van der Waals surface area contributed by atoms with Crippen LogP contribution in [0.2, 0.25) is 0 Å². The van der Waals surface area contributed by atoms with E-state index < -0.39 is 0 Å². The minimum atomic E-state index is 0.573. The largest absolute Gasteiger partial charge is 0.404 e. The number of fused-ring (bicyclic) bond motifs is 1. The first-order valence-electron chi connectivity index (χ1n) is 5.36. The molecule has 0 saturated carbocycles. The van der Waals surface area contributed by atoms with Crippen LogP contribution < -0.4 is 5.73 Å². The first-order valence-corrected chi connectivity index (χ1v) is 5.36. The van der Waals surface area contributed by atoms with Gasteiger partial charge in [-0.2, -0.15) is 0 Å². The normalized spacial score (nSPS) is 12.2. The molecule has 0 aliphatic carbocycles. The van der Waals surface area contributed by atoms with E-state index in [-0.39, 0.29) is 0 Å². The molecule has 0 bridgehead atoms. The van der Waals surface area contributed by atoms with Gasteiger partial charge >= 0.3 is 0 Å². The van der Waals surface area contributed by atoms with Crippen molar-refractivity contribution in [2.45, 2.75) is 0 Å². The zero-order chi connectivity index (χ0) is 13.0. The minimum Gasteiger partial charge on any atom is -0.404 e. The summed E-state index contributed by atoms with van der Waals surface area (Å²) in [6, 6.07) is 5.53. The van der Waals surface area contributed by atoms with Gasteiger partial charge in [-0.15, -0.1) is 0 Å². The number of allylic oxidation sites excluding steroid dienone is 1. The first-order chi connectivity index (χ1) is 8.78. The molecule has 2 aromatic heterocycles. The quantitative estimate of drug-likeness (QED) is 0.832. The third-order valence-corrected chi connectivity index (χ3v) is 2.47. The summed E-state index contributed by atoms with van der Waals surface area (Å²) in [4.78, 5) is 16.4. The van der Waals surface area contributed by atoms with Crippen molar-refractivity contribution in [3.63, 3.8) is 0 Å². The van der Waals surface area contributed by atoms with Crippen LogP contribution in [0.1, 0.15) is 5.56 Å². The van der Waals surface area contributed by atoms with Crippen LogP contribution >= 0.6 is 0 Å². The van der Waals surface area contributed by atoms with Gasteiger partial charge in [0.1, 0.15) is 0 Å². The highest BCUT2D eigenvalue weighted by Gasteiger charge is 2.03. The van der Waals surface area contributed by atoms with Crippen molar-refractivity contribution in [1.29, 1.82) is 0 Å². The Labute approximate surface area is 105 Å². The Morgan fingerprint density at radius 1 is 1.39 bits per heavy atom. The maximum absolute atomic E-state index is 5.56. The second-order valence-electron chi connectivity index (χ2n) is 3.60. The summed E-state index contributed by atoms with van der Waals surface area (Å²) in [5.74, 6) is 0.573. The molecule has 2 heterocycles. The summed E-state index contributed by atoms with van der Waals surface area (Å²) >= 11 is 0. The summed E-state index contributed by atoms with van der Waals surface area (Å²) < 4.78 is 0. The molecule has 2 rings (SSSR count). The topological polar surface area (TPSA) is 76.5 Å². The van der Waals surface area contributed by atoms with Gasteiger partial charge in [0.25, 0.3) is 0 Å². The van der Waals surface area contributed by atoms with E-state index in [1.807, 2.05) is 12.1 Å². The van der Waals surface area contributed by atoms with Gasteiger partial charge in [0.2, 0.25) is 0 Å². The fraction of sp³-hybridized carbons (Fsp3) is 0.0769. The average molecular weight is 239 g/mol. The molecule has 90 valence electrons. The van der Waals surface area contributed by atoms with Crippen LogP contribution in [0.4, 0.5) is 5.82 Å². The van der Waals surface area contributed by atoms with Crippen molar-refractivity contribution in [3.8, 4) is 0 Å². The first kappa shape index (κ1) is 11.9. The van der Waals surface area contributed by atoms with E-state index in [2.05, 4.69) is 26.7 Å². The van der Waals surface area contributed by atoms with E-state index in [0.717, 1.165) is 22.2 Å². The summed E-state index contributed by atoms with van der Waals surface area (Å²) in [6.07, 6.45) is 4.91. The molecule has 18 heavy (non-hydrogen) atoms. The zero-order valence-electron chi connectivity index (χ0n) is 10.0. The second kappa shape index (κ2) is 5.18. The number of aliphatic imine (C=N–C) groups is 2. The third kappa shape index (κ3) is 2.24. The fourth-order valence-electron chi connectivity index (χ4n) is 1.59. The van der Waals surface area contributed by atoms with Gasteiger partial charge in [-0.3, -0.25) is 9.98 Å². The lowest BCUT2D eigenvalue weighted by Gasteiger charge is -2.03. The molecule has 0 fully saturated rings. The van der Waals surface area contributed by atoms with Crippen molar-refractivity contribution in [2.75, 3.05) is 7.05 Å². The van der Waals surface area contributed by atoms with Crippen LogP contribution in [-0.2, 0) is 0 Å². The standard InChI is InChI=1S/C13H13N5/c1-15-7-10(6-14)9-5-12-11(17-8-9)3-4-13(16-2)18-12/h3-8H,2,14H2,1H3. The molecule has 2 aromatic rings. The summed E-state index contributed by atoms with van der Waals surface area (Å²) in [7, 11) is 1.69. The third-order valence-electron chi connectivity index (χ3n) is 2.47. The van der Waals surface area contributed by atoms with E-state index >= 15 is 0 Å². The molecule has 0 aliphatic rings. The van der Waals surface area contributed by atoms with Crippen molar-refractivity contribution in [1.82, 2.24) is 9.97 Å². The van der Waals surface area contributed by atoms with Crippen LogP contribution in [0, 0.1) is 0 Å². The van der Waals surface area contributed by atoms with Gasteiger partial charge in [-0.1, -0.05) is 0 Å². The highest BCUT2D eigenvalue weighted by molar-refractivity contribution is 6.10.